The van der Waals surface area contributed by atoms with Gasteiger partial charge in [0.15, 0.2) is 12.0 Å². The highest BCUT2D eigenvalue weighted by Gasteiger charge is 2.37. The van der Waals surface area contributed by atoms with Crippen LogP contribution in [0.3, 0.4) is 0 Å². The van der Waals surface area contributed by atoms with E-state index in [0.717, 1.165) is 11.1 Å². The Balaban J connectivity index is 2.03. The van der Waals surface area contributed by atoms with E-state index in [9.17, 15) is 4.79 Å². The molecule has 0 aromatic heterocycles. The molecule has 0 amide bonds. The molecule has 0 bridgehead atoms. The Kier molecular flexibility index (Phi) is 2.23. The van der Waals surface area contributed by atoms with E-state index in [4.69, 9.17) is 5.26 Å². The fraction of sp³-hybridized carbons (Fsp3) is 0.333. The molecule has 2 N–H and O–H groups in total. The number of hydrogen-bond acceptors (Lipinski definition) is 5. The topological polar surface area (TPSA) is 68.2 Å². The van der Waals surface area contributed by atoms with E-state index in [2.05, 4.69) is 16.8 Å². The summed E-state index contributed by atoms with van der Waals surface area (Å²) in [6.45, 7) is 0.405. The number of nitrogens with zero attached hydrogens (tertiary/aromatic N) is 2. The molecule has 0 radical (unpaired) electrons. The minimum atomic E-state index is -0.126. The quantitative estimate of drug-likeness (QED) is 0.570. The van der Waals surface area contributed by atoms with Crippen molar-refractivity contribution < 1.29 is 4.79 Å². The van der Waals surface area contributed by atoms with Gasteiger partial charge in [0.05, 0.1) is 12.6 Å². The van der Waals surface area contributed by atoms with Crippen LogP contribution in [0.2, 0.25) is 0 Å². The van der Waals surface area contributed by atoms with Crippen LogP contribution in [0.4, 0.5) is 0 Å². The lowest BCUT2D eigenvalue weighted by Crippen LogP contribution is -2.54. The van der Waals surface area contributed by atoms with Crippen LogP contribution >= 0.6 is 0 Å². The first-order valence-corrected chi connectivity index (χ1v) is 5.56. The Labute approximate surface area is 99.1 Å². The number of allylic oxidation sites excluding steroid dienone is 2. The third kappa shape index (κ3) is 1.54. The molecule has 1 saturated heterocycles. The molecule has 86 valence electrons. The highest BCUT2D eigenvalue weighted by molar-refractivity contribution is 5.85. The maximum Gasteiger partial charge on any atom is 0.185 e. The van der Waals surface area contributed by atoms with Gasteiger partial charge in [-0.1, -0.05) is 6.08 Å². The zero-order chi connectivity index (χ0) is 11.8. The molecule has 0 aromatic rings. The van der Waals surface area contributed by atoms with Gasteiger partial charge in [-0.2, -0.15) is 5.26 Å². The van der Waals surface area contributed by atoms with Crippen LogP contribution in [0.5, 0.6) is 0 Å². The normalized spacial score (nSPS) is 30.5. The summed E-state index contributed by atoms with van der Waals surface area (Å²) in [5.41, 5.74) is 2.07. The lowest BCUT2D eigenvalue weighted by atomic mass is 9.86. The van der Waals surface area contributed by atoms with Crippen molar-refractivity contribution in [1.82, 2.24) is 15.5 Å². The van der Waals surface area contributed by atoms with Gasteiger partial charge in [-0.25, -0.2) is 0 Å². The molecule has 0 aromatic carbocycles. The van der Waals surface area contributed by atoms with Crippen LogP contribution in [0.1, 0.15) is 6.42 Å². The van der Waals surface area contributed by atoms with Crippen molar-refractivity contribution in [2.75, 3.05) is 6.54 Å². The molecule has 0 aliphatic carbocycles. The third-order valence-corrected chi connectivity index (χ3v) is 3.26. The number of piperidine rings is 1. The van der Waals surface area contributed by atoms with E-state index >= 15 is 0 Å². The van der Waals surface area contributed by atoms with Gasteiger partial charge in [0.2, 0.25) is 0 Å². The second-order valence-corrected chi connectivity index (χ2v) is 4.34. The standard InChI is InChI=1S/C12H12N4O/c13-7-16-6-8-4-9(17)5-15-11(8)10-2-1-3-14-12(10)16/h1-3,6,11-12,14-15H,4-5H2. The Morgan fingerprint density at radius 2 is 2.41 bits per heavy atom. The van der Waals surface area contributed by atoms with E-state index in [0.29, 0.717) is 13.0 Å². The molecule has 17 heavy (non-hydrogen) atoms. The lowest BCUT2D eigenvalue weighted by molar-refractivity contribution is -0.118. The Bertz CT molecular complexity index is 497. The third-order valence-electron chi connectivity index (χ3n) is 3.26. The fourth-order valence-electron chi connectivity index (χ4n) is 2.52. The number of carbonyl (C=O) groups excluding carboxylic acids is 1. The molecule has 2 unspecified atom stereocenters. The van der Waals surface area contributed by atoms with Gasteiger partial charge in [-0.3, -0.25) is 15.0 Å². The summed E-state index contributed by atoms with van der Waals surface area (Å²) in [7, 11) is 0. The van der Waals surface area contributed by atoms with Crippen molar-refractivity contribution in [3.63, 3.8) is 0 Å². The van der Waals surface area contributed by atoms with Gasteiger partial charge in [0.25, 0.3) is 0 Å². The van der Waals surface area contributed by atoms with Crippen LogP contribution < -0.4 is 10.6 Å². The van der Waals surface area contributed by atoms with Gasteiger partial charge in [-0.15, -0.1) is 0 Å². The van der Waals surface area contributed by atoms with E-state index in [1.807, 2.05) is 18.4 Å². The zero-order valence-electron chi connectivity index (χ0n) is 9.18. The number of ketones is 1. The molecule has 2 atom stereocenters. The molecule has 1 fully saturated rings. The Hall–Kier alpha value is -2.06. The van der Waals surface area contributed by atoms with Crippen LogP contribution in [-0.2, 0) is 4.79 Å². The van der Waals surface area contributed by atoms with Gasteiger partial charge in [-0.05, 0) is 23.4 Å². The summed E-state index contributed by atoms with van der Waals surface area (Å²) in [6, 6.07) is 0.0831. The average Bonchev–Trinajstić information content (AvgIpc) is 2.37. The van der Waals surface area contributed by atoms with Crippen molar-refractivity contribution in [1.29, 1.82) is 5.26 Å². The van der Waals surface area contributed by atoms with Gasteiger partial charge < -0.3 is 5.32 Å². The number of rotatable bonds is 0. The number of carbonyl (C=O) groups is 1. The summed E-state index contributed by atoms with van der Waals surface area (Å²) in [6.07, 6.45) is 9.97. The predicted octanol–water partition coefficient (Wildman–Crippen LogP) is -0.0326. The molecule has 3 rings (SSSR count). The van der Waals surface area contributed by atoms with Crippen molar-refractivity contribution in [2.45, 2.75) is 18.6 Å². The highest BCUT2D eigenvalue weighted by Crippen LogP contribution is 2.30. The first-order valence-electron chi connectivity index (χ1n) is 5.56. The number of Topliss-reactive ketones (excluding diaryl/α,β-unsaturated/α-hetero) is 1. The largest absolute Gasteiger partial charge is 0.367 e. The molecular weight excluding hydrogens is 216 g/mol. The molecule has 5 heteroatoms. The van der Waals surface area contributed by atoms with E-state index in [1.165, 1.54) is 0 Å². The summed E-state index contributed by atoms with van der Waals surface area (Å²) in [5.74, 6) is 0.170. The van der Waals surface area contributed by atoms with Crippen LogP contribution in [-0.4, -0.2) is 29.4 Å². The fourth-order valence-corrected chi connectivity index (χ4v) is 2.52. The van der Waals surface area contributed by atoms with Crippen molar-refractivity contribution >= 4 is 5.78 Å². The minimum absolute atomic E-state index is 0.0831. The lowest BCUT2D eigenvalue weighted by Gasteiger charge is -2.41. The van der Waals surface area contributed by atoms with Crippen molar-refractivity contribution in [2.24, 2.45) is 0 Å². The molecule has 3 aliphatic rings. The minimum Gasteiger partial charge on any atom is -0.367 e. The van der Waals surface area contributed by atoms with Gasteiger partial charge >= 0.3 is 0 Å². The molecular formula is C12H12N4O. The van der Waals surface area contributed by atoms with Crippen molar-refractivity contribution in [3.8, 4) is 6.19 Å². The van der Waals surface area contributed by atoms with E-state index in [1.54, 1.807) is 11.1 Å². The SMILES string of the molecule is N#CN1C=C2CC(=O)CNC2C2=CC=CNC21. The zero-order valence-corrected chi connectivity index (χ0v) is 9.18. The summed E-state index contributed by atoms with van der Waals surface area (Å²) in [5, 5.41) is 15.5. The van der Waals surface area contributed by atoms with Gasteiger partial charge in [0, 0.05) is 12.6 Å². The van der Waals surface area contributed by atoms with E-state index in [-0.39, 0.29) is 18.0 Å². The highest BCUT2D eigenvalue weighted by atomic mass is 16.1. The monoisotopic (exact) mass is 228 g/mol. The first-order chi connectivity index (χ1) is 8.29. The number of dihydropyridines is 1. The molecule has 3 heterocycles. The maximum atomic E-state index is 11.4. The van der Waals surface area contributed by atoms with Crippen LogP contribution in [0.15, 0.2) is 35.7 Å². The van der Waals surface area contributed by atoms with Gasteiger partial charge in [0.1, 0.15) is 6.17 Å². The molecule has 5 nitrogen and oxygen atoms in total. The second-order valence-electron chi connectivity index (χ2n) is 4.34. The molecule has 3 aliphatic heterocycles. The van der Waals surface area contributed by atoms with Crippen LogP contribution in [0, 0.1) is 11.5 Å². The average molecular weight is 228 g/mol. The second kappa shape index (κ2) is 3.75. The van der Waals surface area contributed by atoms with Crippen LogP contribution in [0.25, 0.3) is 0 Å². The first kappa shape index (κ1) is 10.1. The number of nitrogens with one attached hydrogen (secondary N) is 2. The van der Waals surface area contributed by atoms with Crippen molar-refractivity contribution in [3.05, 3.63) is 35.7 Å². The molecule has 0 saturated carbocycles. The number of fused-ring (bicyclic) bond motifs is 3. The summed E-state index contributed by atoms with van der Waals surface area (Å²) >= 11 is 0. The van der Waals surface area contributed by atoms with E-state index < -0.39 is 0 Å². The Morgan fingerprint density at radius 3 is 3.24 bits per heavy atom. The maximum absolute atomic E-state index is 11.4. The molecule has 0 spiro atoms. The summed E-state index contributed by atoms with van der Waals surface area (Å²) in [4.78, 5) is 13.0. The predicted molar refractivity (Wildman–Crippen MR) is 61.1 cm³/mol. The number of hydrogen-bond donors (Lipinski definition) is 2. The summed E-state index contributed by atoms with van der Waals surface area (Å²) < 4.78 is 0. The Morgan fingerprint density at radius 1 is 1.53 bits per heavy atom. The smallest absolute Gasteiger partial charge is 0.185 e. The number of nitriles is 1.